The lowest BCUT2D eigenvalue weighted by Gasteiger charge is -2.11. The van der Waals surface area contributed by atoms with Crippen molar-refractivity contribution in [1.29, 1.82) is 0 Å². The fraction of sp³-hybridized carbons (Fsp3) is 0.300. The van der Waals surface area contributed by atoms with Crippen molar-refractivity contribution < 1.29 is 13.2 Å². The van der Waals surface area contributed by atoms with Gasteiger partial charge >= 0.3 is 6.03 Å². The summed E-state index contributed by atoms with van der Waals surface area (Å²) in [5, 5.41) is 9.96. The second-order valence-corrected chi connectivity index (χ2v) is 6.06. The standard InChI is InChI=1S/C10H13Cl2N3O3S/c1-2-3-14-10(16)15-9-7(11)4-6(5-8(9)12)19(13,17)18/h4-5H,2-3H2,1H3,(H2,13,17,18)(H2,14,15,16). The Kier molecular flexibility index (Phi) is 5.42. The zero-order valence-electron chi connectivity index (χ0n) is 10.0. The van der Waals surface area contributed by atoms with Gasteiger partial charge in [0.1, 0.15) is 0 Å². The van der Waals surface area contributed by atoms with Gasteiger partial charge in [-0.05, 0) is 18.6 Å². The average molecular weight is 326 g/mol. The number of hydrogen-bond donors (Lipinski definition) is 3. The molecule has 0 heterocycles. The van der Waals surface area contributed by atoms with E-state index in [0.717, 1.165) is 18.6 Å². The second-order valence-electron chi connectivity index (χ2n) is 3.69. The first-order chi connectivity index (χ1) is 8.75. The van der Waals surface area contributed by atoms with Crippen LogP contribution in [0.5, 0.6) is 0 Å². The summed E-state index contributed by atoms with van der Waals surface area (Å²) in [5.41, 5.74) is 0.129. The normalized spacial score (nSPS) is 11.2. The number of rotatable bonds is 4. The van der Waals surface area contributed by atoms with Crippen molar-refractivity contribution in [2.75, 3.05) is 11.9 Å². The largest absolute Gasteiger partial charge is 0.338 e. The first-order valence-corrected chi connectivity index (χ1v) is 7.62. The summed E-state index contributed by atoms with van der Waals surface area (Å²) in [5.74, 6) is 0. The van der Waals surface area contributed by atoms with Crippen LogP contribution in [0.3, 0.4) is 0 Å². The Morgan fingerprint density at radius 1 is 1.32 bits per heavy atom. The molecule has 0 aliphatic rings. The fourth-order valence-electron chi connectivity index (χ4n) is 1.23. The summed E-state index contributed by atoms with van der Waals surface area (Å²) >= 11 is 11.7. The van der Waals surface area contributed by atoms with E-state index in [1.807, 2.05) is 6.92 Å². The van der Waals surface area contributed by atoms with Gasteiger partial charge < -0.3 is 10.6 Å². The van der Waals surface area contributed by atoms with Gasteiger partial charge in [0, 0.05) is 6.54 Å². The Morgan fingerprint density at radius 3 is 2.26 bits per heavy atom. The molecule has 0 saturated heterocycles. The van der Waals surface area contributed by atoms with Crippen LogP contribution in [0.15, 0.2) is 17.0 Å². The molecule has 0 bridgehead atoms. The number of urea groups is 1. The molecule has 1 rings (SSSR count). The maximum atomic E-state index is 11.5. The lowest BCUT2D eigenvalue weighted by molar-refractivity contribution is 0.252. The minimum atomic E-state index is -3.90. The van der Waals surface area contributed by atoms with Gasteiger partial charge in [0.15, 0.2) is 0 Å². The van der Waals surface area contributed by atoms with Crippen molar-refractivity contribution in [2.24, 2.45) is 5.14 Å². The highest BCUT2D eigenvalue weighted by molar-refractivity contribution is 7.89. The smallest absolute Gasteiger partial charge is 0.319 e. The van der Waals surface area contributed by atoms with Gasteiger partial charge in [0.2, 0.25) is 10.0 Å². The molecule has 1 aromatic carbocycles. The number of anilines is 1. The highest BCUT2D eigenvalue weighted by Gasteiger charge is 2.16. The number of nitrogens with one attached hydrogen (secondary N) is 2. The number of benzene rings is 1. The van der Waals surface area contributed by atoms with Crippen LogP contribution in [-0.4, -0.2) is 21.0 Å². The maximum Gasteiger partial charge on any atom is 0.319 e. The summed E-state index contributed by atoms with van der Waals surface area (Å²) in [6, 6.07) is 1.77. The van der Waals surface area contributed by atoms with Crippen LogP contribution in [-0.2, 0) is 10.0 Å². The van der Waals surface area contributed by atoms with Gasteiger partial charge in [-0.25, -0.2) is 18.4 Å². The number of carbonyl (C=O) groups is 1. The lowest BCUT2D eigenvalue weighted by atomic mass is 10.3. The number of halogens is 2. The first kappa shape index (κ1) is 16.0. The number of primary sulfonamides is 1. The lowest BCUT2D eigenvalue weighted by Crippen LogP contribution is -2.29. The summed E-state index contributed by atoms with van der Waals surface area (Å²) in [6.45, 7) is 2.40. The van der Waals surface area contributed by atoms with Gasteiger partial charge in [-0.15, -0.1) is 0 Å². The van der Waals surface area contributed by atoms with Crippen molar-refractivity contribution >= 4 is 44.9 Å². The molecule has 106 valence electrons. The molecule has 0 unspecified atom stereocenters. The first-order valence-electron chi connectivity index (χ1n) is 5.32. The quantitative estimate of drug-likeness (QED) is 0.790. The van der Waals surface area contributed by atoms with Crippen LogP contribution >= 0.6 is 23.2 Å². The predicted octanol–water partition coefficient (Wildman–Crippen LogP) is 2.17. The third-order valence-electron chi connectivity index (χ3n) is 2.12. The zero-order valence-corrected chi connectivity index (χ0v) is 12.4. The van der Waals surface area contributed by atoms with E-state index in [1.54, 1.807) is 0 Å². The molecule has 0 saturated carbocycles. The van der Waals surface area contributed by atoms with Crippen LogP contribution in [0, 0.1) is 0 Å². The Balaban J connectivity index is 3.01. The highest BCUT2D eigenvalue weighted by atomic mass is 35.5. The van der Waals surface area contributed by atoms with Gasteiger partial charge in [0.25, 0.3) is 0 Å². The molecule has 19 heavy (non-hydrogen) atoms. The Bertz CT molecular complexity index is 567. The van der Waals surface area contributed by atoms with E-state index in [2.05, 4.69) is 10.6 Å². The molecule has 0 fully saturated rings. The second kappa shape index (κ2) is 6.42. The fourth-order valence-corrected chi connectivity index (χ4v) is 2.50. The number of amides is 2. The van der Waals surface area contributed by atoms with Crippen LogP contribution in [0.25, 0.3) is 0 Å². The number of hydrogen-bond acceptors (Lipinski definition) is 3. The highest BCUT2D eigenvalue weighted by Crippen LogP contribution is 2.32. The Morgan fingerprint density at radius 2 is 1.84 bits per heavy atom. The Labute approximate surface area is 121 Å². The van der Waals surface area contributed by atoms with Crippen LogP contribution < -0.4 is 15.8 Å². The monoisotopic (exact) mass is 325 g/mol. The van der Waals surface area contributed by atoms with E-state index in [4.69, 9.17) is 28.3 Å². The summed E-state index contributed by atoms with van der Waals surface area (Å²) in [6.07, 6.45) is 0.777. The average Bonchev–Trinajstić information content (AvgIpc) is 2.29. The molecule has 0 spiro atoms. The molecule has 0 aliphatic heterocycles. The molecular weight excluding hydrogens is 313 g/mol. The van der Waals surface area contributed by atoms with E-state index >= 15 is 0 Å². The molecule has 0 atom stereocenters. The third-order valence-corrected chi connectivity index (χ3v) is 3.61. The molecular formula is C10H13Cl2N3O3S. The van der Waals surface area contributed by atoms with Crippen LogP contribution in [0.4, 0.5) is 10.5 Å². The van der Waals surface area contributed by atoms with Crippen molar-refractivity contribution in [1.82, 2.24) is 5.32 Å². The summed E-state index contributed by atoms with van der Waals surface area (Å²) < 4.78 is 22.3. The molecule has 4 N–H and O–H groups in total. The van der Waals surface area contributed by atoms with Crippen molar-refractivity contribution in [3.05, 3.63) is 22.2 Å². The van der Waals surface area contributed by atoms with Gasteiger partial charge in [-0.1, -0.05) is 30.1 Å². The van der Waals surface area contributed by atoms with E-state index in [-0.39, 0.29) is 20.6 Å². The summed E-state index contributed by atoms with van der Waals surface area (Å²) in [4.78, 5) is 11.3. The molecule has 6 nitrogen and oxygen atoms in total. The van der Waals surface area contributed by atoms with E-state index in [9.17, 15) is 13.2 Å². The molecule has 9 heteroatoms. The maximum absolute atomic E-state index is 11.5. The molecule has 0 aliphatic carbocycles. The number of nitrogens with two attached hydrogens (primary N) is 1. The van der Waals surface area contributed by atoms with Gasteiger partial charge in [-0.3, -0.25) is 0 Å². The van der Waals surface area contributed by atoms with Crippen molar-refractivity contribution in [3.63, 3.8) is 0 Å². The molecule has 2 amide bonds. The van der Waals surface area contributed by atoms with Crippen LogP contribution in [0.2, 0.25) is 10.0 Å². The Hall–Kier alpha value is -1.02. The number of carbonyl (C=O) groups excluding carboxylic acids is 1. The van der Waals surface area contributed by atoms with E-state index in [1.165, 1.54) is 0 Å². The van der Waals surface area contributed by atoms with Crippen molar-refractivity contribution in [3.8, 4) is 0 Å². The van der Waals surface area contributed by atoms with Gasteiger partial charge in [-0.2, -0.15) is 0 Å². The van der Waals surface area contributed by atoms with Crippen molar-refractivity contribution in [2.45, 2.75) is 18.2 Å². The molecule has 1 aromatic rings. The zero-order chi connectivity index (χ0) is 14.6. The minimum Gasteiger partial charge on any atom is -0.338 e. The molecule has 0 aromatic heterocycles. The van der Waals surface area contributed by atoms with E-state index < -0.39 is 16.1 Å². The number of sulfonamides is 1. The van der Waals surface area contributed by atoms with Crippen LogP contribution in [0.1, 0.15) is 13.3 Å². The minimum absolute atomic E-state index is 0.0110. The SMILES string of the molecule is CCCNC(=O)Nc1c(Cl)cc(S(N)(=O)=O)cc1Cl. The topological polar surface area (TPSA) is 101 Å². The van der Waals surface area contributed by atoms with E-state index in [0.29, 0.717) is 6.54 Å². The third kappa shape index (κ3) is 4.54. The summed E-state index contributed by atoms with van der Waals surface area (Å²) in [7, 11) is -3.90. The predicted molar refractivity (Wildman–Crippen MR) is 75.1 cm³/mol. The van der Waals surface area contributed by atoms with Gasteiger partial charge in [0.05, 0.1) is 20.6 Å². The molecule has 0 radical (unpaired) electrons.